The van der Waals surface area contributed by atoms with Crippen molar-refractivity contribution in [2.75, 3.05) is 18.9 Å². The SMILES string of the molecule is CCOC(=O)[C@@H]1SCCN1C(=O)C[C@@H](Cc1cc(F)c(F)cc1F)NC(=O)OC(C)(C)C. The van der Waals surface area contributed by atoms with E-state index in [2.05, 4.69) is 5.32 Å². The number of nitrogens with zero attached hydrogens (tertiary/aromatic N) is 1. The fourth-order valence-corrected chi connectivity index (χ4v) is 4.23. The van der Waals surface area contributed by atoms with Gasteiger partial charge >= 0.3 is 12.1 Å². The Labute approximate surface area is 189 Å². The maximum absolute atomic E-state index is 14.2. The van der Waals surface area contributed by atoms with Crippen molar-refractivity contribution in [1.82, 2.24) is 10.2 Å². The molecule has 0 saturated carbocycles. The second kappa shape index (κ2) is 10.9. The molecule has 0 radical (unpaired) electrons. The Morgan fingerprint density at radius 2 is 1.84 bits per heavy atom. The number of hydrogen-bond donors (Lipinski definition) is 1. The van der Waals surface area contributed by atoms with Gasteiger partial charge in [-0.1, -0.05) is 0 Å². The zero-order valence-electron chi connectivity index (χ0n) is 18.4. The lowest BCUT2D eigenvalue weighted by atomic mass is 10.0. The summed E-state index contributed by atoms with van der Waals surface area (Å²) < 4.78 is 51.3. The van der Waals surface area contributed by atoms with Crippen LogP contribution < -0.4 is 5.32 Å². The van der Waals surface area contributed by atoms with Crippen molar-refractivity contribution in [3.63, 3.8) is 0 Å². The molecular weight excluding hydrogens is 449 g/mol. The molecule has 1 aromatic carbocycles. The van der Waals surface area contributed by atoms with E-state index < -0.39 is 52.4 Å². The number of esters is 1. The third-order valence-corrected chi connectivity index (χ3v) is 5.58. The van der Waals surface area contributed by atoms with Gasteiger partial charge in [-0.25, -0.2) is 22.8 Å². The molecule has 0 bridgehead atoms. The van der Waals surface area contributed by atoms with E-state index >= 15 is 0 Å². The summed E-state index contributed by atoms with van der Waals surface area (Å²) in [5.41, 5.74) is -1.04. The van der Waals surface area contributed by atoms with Gasteiger partial charge in [-0.15, -0.1) is 11.8 Å². The second-order valence-corrected chi connectivity index (χ2v) is 9.36. The Kier molecular flexibility index (Phi) is 8.82. The van der Waals surface area contributed by atoms with Crippen molar-refractivity contribution in [3.8, 4) is 0 Å². The number of carbonyl (C=O) groups excluding carboxylic acids is 3. The van der Waals surface area contributed by atoms with Crippen LogP contribution >= 0.6 is 11.8 Å². The van der Waals surface area contributed by atoms with Crippen LogP contribution in [0.4, 0.5) is 18.0 Å². The first-order chi connectivity index (χ1) is 14.9. The highest BCUT2D eigenvalue weighted by Crippen LogP contribution is 2.26. The Hall–Kier alpha value is -2.43. The molecule has 1 heterocycles. The summed E-state index contributed by atoms with van der Waals surface area (Å²) >= 11 is 1.25. The normalized spacial score (nSPS) is 17.1. The number of nitrogens with one attached hydrogen (secondary N) is 1. The second-order valence-electron chi connectivity index (χ2n) is 8.17. The standard InChI is InChI=1S/C21H27F3N2O5S/c1-5-30-19(28)18-26(6-7-32-18)17(27)10-13(25-20(29)31-21(2,3)4)8-12-9-15(23)16(24)11-14(12)22/h9,11,13,18H,5-8,10H2,1-4H3,(H,25,29)/t13-,18+/m1/s1. The Bertz CT molecular complexity index is 863. The maximum atomic E-state index is 14.2. The highest BCUT2D eigenvalue weighted by Gasteiger charge is 2.37. The summed E-state index contributed by atoms with van der Waals surface area (Å²) in [6.07, 6.45) is -1.45. The van der Waals surface area contributed by atoms with Gasteiger partial charge in [0.25, 0.3) is 0 Å². The Morgan fingerprint density at radius 3 is 2.47 bits per heavy atom. The average Bonchev–Trinajstić information content (AvgIpc) is 3.14. The predicted molar refractivity (Wildman–Crippen MR) is 112 cm³/mol. The number of benzene rings is 1. The van der Waals surface area contributed by atoms with E-state index in [4.69, 9.17) is 9.47 Å². The topological polar surface area (TPSA) is 84.9 Å². The molecule has 1 aliphatic heterocycles. The molecule has 2 rings (SSSR count). The lowest BCUT2D eigenvalue weighted by Crippen LogP contribution is -2.46. The van der Waals surface area contributed by atoms with Crippen molar-refractivity contribution >= 4 is 29.7 Å². The van der Waals surface area contributed by atoms with Gasteiger partial charge in [0.1, 0.15) is 11.4 Å². The van der Waals surface area contributed by atoms with Crippen molar-refractivity contribution < 1.29 is 37.0 Å². The molecule has 1 saturated heterocycles. The first-order valence-electron chi connectivity index (χ1n) is 10.1. The molecule has 178 valence electrons. The zero-order chi connectivity index (χ0) is 24.1. The summed E-state index contributed by atoms with van der Waals surface area (Å²) in [5.74, 6) is -4.10. The molecule has 2 atom stereocenters. The minimum atomic E-state index is -1.34. The van der Waals surface area contributed by atoms with Crippen LogP contribution in [-0.2, 0) is 25.5 Å². The van der Waals surface area contributed by atoms with Gasteiger partial charge in [-0.2, -0.15) is 0 Å². The summed E-state index contributed by atoms with van der Waals surface area (Å²) in [7, 11) is 0. The molecule has 11 heteroatoms. The number of ether oxygens (including phenoxy) is 2. The van der Waals surface area contributed by atoms with Gasteiger partial charge in [-0.05, 0) is 45.7 Å². The van der Waals surface area contributed by atoms with Gasteiger partial charge in [0.2, 0.25) is 5.91 Å². The van der Waals surface area contributed by atoms with Crippen LogP contribution in [-0.4, -0.2) is 58.8 Å². The Balaban J connectivity index is 2.20. The van der Waals surface area contributed by atoms with Crippen molar-refractivity contribution in [3.05, 3.63) is 35.1 Å². The van der Waals surface area contributed by atoms with Crippen LogP contribution in [0.2, 0.25) is 0 Å². The third kappa shape index (κ3) is 7.32. The van der Waals surface area contributed by atoms with E-state index in [9.17, 15) is 27.6 Å². The van der Waals surface area contributed by atoms with Crippen LogP contribution in [0.5, 0.6) is 0 Å². The predicted octanol–water partition coefficient (Wildman–Crippen LogP) is 3.39. The van der Waals surface area contributed by atoms with E-state index in [1.807, 2.05) is 0 Å². The number of alkyl carbamates (subject to hydrolysis) is 1. The molecule has 1 aliphatic rings. The molecule has 0 unspecified atom stereocenters. The fraction of sp³-hybridized carbons (Fsp3) is 0.571. The minimum Gasteiger partial charge on any atom is -0.464 e. The van der Waals surface area contributed by atoms with Crippen LogP contribution in [0.1, 0.15) is 39.7 Å². The van der Waals surface area contributed by atoms with E-state index in [0.717, 1.165) is 0 Å². The summed E-state index contributed by atoms with van der Waals surface area (Å²) in [6.45, 7) is 7.05. The van der Waals surface area contributed by atoms with Gasteiger partial charge in [0.15, 0.2) is 17.0 Å². The smallest absolute Gasteiger partial charge is 0.407 e. The maximum Gasteiger partial charge on any atom is 0.407 e. The molecule has 0 aliphatic carbocycles. The summed E-state index contributed by atoms with van der Waals surface area (Å²) in [6, 6.07) is 0.0990. The van der Waals surface area contributed by atoms with Crippen molar-refractivity contribution in [2.24, 2.45) is 0 Å². The third-order valence-electron chi connectivity index (χ3n) is 4.40. The van der Waals surface area contributed by atoms with E-state index in [-0.39, 0.29) is 25.0 Å². The number of hydrogen-bond acceptors (Lipinski definition) is 6. The monoisotopic (exact) mass is 476 g/mol. The summed E-state index contributed by atoms with van der Waals surface area (Å²) in [4.78, 5) is 38.6. The van der Waals surface area contributed by atoms with Crippen LogP contribution in [0.15, 0.2) is 12.1 Å². The summed E-state index contributed by atoms with van der Waals surface area (Å²) in [5, 5.41) is 1.68. The first kappa shape index (κ1) is 25.8. The minimum absolute atomic E-state index is 0.163. The molecule has 1 aromatic rings. The van der Waals surface area contributed by atoms with E-state index in [0.29, 0.717) is 24.4 Å². The van der Waals surface area contributed by atoms with Crippen LogP contribution in [0.3, 0.4) is 0 Å². The molecule has 32 heavy (non-hydrogen) atoms. The van der Waals surface area contributed by atoms with Gasteiger partial charge < -0.3 is 19.7 Å². The van der Waals surface area contributed by atoms with Crippen LogP contribution in [0, 0.1) is 17.5 Å². The largest absolute Gasteiger partial charge is 0.464 e. The molecule has 2 amide bonds. The van der Waals surface area contributed by atoms with Crippen molar-refractivity contribution in [1.29, 1.82) is 0 Å². The first-order valence-corrected chi connectivity index (χ1v) is 11.2. The van der Waals surface area contributed by atoms with E-state index in [1.54, 1.807) is 27.7 Å². The van der Waals surface area contributed by atoms with Gasteiger partial charge in [-0.3, -0.25) is 4.79 Å². The van der Waals surface area contributed by atoms with Crippen molar-refractivity contribution in [2.45, 2.75) is 57.6 Å². The molecular formula is C21H27F3N2O5S. The zero-order valence-corrected chi connectivity index (χ0v) is 19.2. The lowest BCUT2D eigenvalue weighted by Gasteiger charge is -2.27. The van der Waals surface area contributed by atoms with E-state index in [1.165, 1.54) is 16.7 Å². The molecule has 7 nitrogen and oxygen atoms in total. The van der Waals surface area contributed by atoms with Gasteiger partial charge in [0.05, 0.1) is 6.61 Å². The molecule has 1 fully saturated rings. The highest BCUT2D eigenvalue weighted by molar-refractivity contribution is 8.00. The lowest BCUT2D eigenvalue weighted by molar-refractivity contribution is -0.150. The Morgan fingerprint density at radius 1 is 1.19 bits per heavy atom. The highest BCUT2D eigenvalue weighted by atomic mass is 32.2. The number of amides is 2. The van der Waals surface area contributed by atoms with Crippen LogP contribution in [0.25, 0.3) is 0 Å². The quantitative estimate of drug-likeness (QED) is 0.480. The van der Waals surface area contributed by atoms with Gasteiger partial charge in [0, 0.05) is 30.8 Å². The number of carbonyl (C=O) groups is 3. The average molecular weight is 477 g/mol. The molecule has 0 aromatic heterocycles. The number of thioether (sulfide) groups is 1. The fourth-order valence-electron chi connectivity index (χ4n) is 3.10. The molecule has 1 N–H and O–H groups in total. The molecule has 0 spiro atoms. The number of rotatable bonds is 7. The number of halogens is 3.